The lowest BCUT2D eigenvalue weighted by molar-refractivity contribution is -0.284. The molecule has 246 valence electrons. The van der Waals surface area contributed by atoms with Gasteiger partial charge in [0.1, 0.15) is 24.4 Å². The summed E-state index contributed by atoms with van der Waals surface area (Å²) in [6.07, 6.45) is 10.1. The number of aliphatic hydroxyl groups excluding tert-OH is 3. The molecule has 0 unspecified atom stereocenters. The minimum atomic E-state index is -1.30. The first-order valence-corrected chi connectivity index (χ1v) is 17.5. The van der Waals surface area contributed by atoms with E-state index in [0.717, 1.165) is 60.7 Å². The van der Waals surface area contributed by atoms with Crippen molar-refractivity contribution in [3.63, 3.8) is 0 Å². The average Bonchev–Trinajstić information content (AvgIpc) is 3.32. The van der Waals surface area contributed by atoms with Gasteiger partial charge in [-0.05, 0) is 104 Å². The van der Waals surface area contributed by atoms with E-state index in [1.165, 1.54) is 57.4 Å². The third kappa shape index (κ3) is 6.24. The van der Waals surface area contributed by atoms with Gasteiger partial charge >= 0.3 is 0 Å². The molecule has 0 aromatic rings. The van der Waals surface area contributed by atoms with E-state index < -0.39 is 37.3 Å². The molecule has 0 spiro atoms. The summed E-state index contributed by atoms with van der Waals surface area (Å²) in [5, 5.41) is 33.5. The first-order chi connectivity index (χ1) is 20.3. The number of carbonyl (C=O) groups excluding carboxylic acids is 1. The van der Waals surface area contributed by atoms with Gasteiger partial charge < -0.3 is 30.1 Å². The summed E-state index contributed by atoms with van der Waals surface area (Å²) in [6, 6.07) is -0.893. The van der Waals surface area contributed by atoms with E-state index in [1.54, 1.807) is 0 Å². The Kier molecular flexibility index (Phi) is 10.1. The van der Waals surface area contributed by atoms with Gasteiger partial charge in [-0.1, -0.05) is 66.0 Å². The van der Waals surface area contributed by atoms with Crippen molar-refractivity contribution in [2.45, 2.75) is 149 Å². The van der Waals surface area contributed by atoms with Gasteiger partial charge in [-0.15, -0.1) is 0 Å². The van der Waals surface area contributed by atoms with Crippen LogP contribution in [0.15, 0.2) is 11.6 Å². The van der Waals surface area contributed by atoms with Crippen molar-refractivity contribution < 1.29 is 29.6 Å². The third-order valence-electron chi connectivity index (χ3n) is 13.6. The second-order valence-corrected chi connectivity index (χ2v) is 16.2. The Hall–Kier alpha value is -0.990. The van der Waals surface area contributed by atoms with Crippen LogP contribution in [0.4, 0.5) is 0 Å². The summed E-state index contributed by atoms with van der Waals surface area (Å²) >= 11 is 0. The number of rotatable bonds is 9. The molecule has 5 rings (SSSR count). The molecule has 0 aromatic heterocycles. The number of aliphatic hydroxyl groups is 3. The molecule has 4 fully saturated rings. The Morgan fingerprint density at radius 2 is 1.79 bits per heavy atom. The Morgan fingerprint density at radius 1 is 1.05 bits per heavy atom. The molecule has 43 heavy (non-hydrogen) atoms. The number of allylic oxidation sites excluding steroid dienone is 1. The quantitative estimate of drug-likeness (QED) is 0.256. The zero-order valence-electron chi connectivity index (χ0n) is 27.9. The molecule has 0 bridgehead atoms. The molecule has 3 saturated carbocycles. The summed E-state index contributed by atoms with van der Waals surface area (Å²) in [6.45, 7) is 15.8. The van der Waals surface area contributed by atoms with Crippen LogP contribution in [0.2, 0.25) is 0 Å². The average molecular weight is 604 g/mol. The summed E-state index contributed by atoms with van der Waals surface area (Å²) in [7, 11) is 0. The number of carbonyl (C=O) groups is 1. The number of fused-ring (bicyclic) bond motifs is 5. The van der Waals surface area contributed by atoms with Crippen LogP contribution < -0.4 is 5.32 Å². The summed E-state index contributed by atoms with van der Waals surface area (Å²) in [5.41, 5.74) is 2.16. The zero-order valence-corrected chi connectivity index (χ0v) is 27.9. The van der Waals surface area contributed by atoms with Gasteiger partial charge in [0.15, 0.2) is 6.29 Å². The van der Waals surface area contributed by atoms with Crippen molar-refractivity contribution in [1.82, 2.24) is 5.32 Å². The number of amides is 1. The molecule has 7 heteroatoms. The van der Waals surface area contributed by atoms with Crippen LogP contribution in [0.25, 0.3) is 0 Å². The van der Waals surface area contributed by atoms with Crippen molar-refractivity contribution in [3.05, 3.63) is 11.6 Å². The van der Waals surface area contributed by atoms with Gasteiger partial charge in [-0.2, -0.15) is 0 Å². The van der Waals surface area contributed by atoms with E-state index >= 15 is 0 Å². The largest absolute Gasteiger partial charge is 0.394 e. The highest BCUT2D eigenvalue weighted by molar-refractivity contribution is 5.73. The monoisotopic (exact) mass is 603 g/mol. The van der Waals surface area contributed by atoms with Crippen LogP contribution in [-0.2, 0) is 14.3 Å². The molecule has 1 heterocycles. The van der Waals surface area contributed by atoms with E-state index in [1.807, 2.05) is 0 Å². The lowest BCUT2D eigenvalue weighted by atomic mass is 9.47. The Morgan fingerprint density at radius 3 is 2.47 bits per heavy atom. The standard InChI is InChI=1S/C36H61NO6/c1-20(2)21(3)8-9-22(4)27-12-13-28-26-11-10-24-18-25(14-16-35(24,6)29(26)15-17-36(27,28)7)42-34-31(37-23(5)39)33(41)32(40)30(19-38)43-34/h10,20-22,25-34,38,40-41H,8-9,11-19H2,1-7H3,(H,37,39)/t21-,22+,25-,26-,27+,28-,29-,30+,31+,32+,33+,34+,35-,36+/m0/s1. The molecule has 1 saturated heterocycles. The summed E-state index contributed by atoms with van der Waals surface area (Å²) in [4.78, 5) is 11.9. The highest BCUT2D eigenvalue weighted by Gasteiger charge is 2.59. The van der Waals surface area contributed by atoms with E-state index in [2.05, 4.69) is 52.9 Å². The van der Waals surface area contributed by atoms with Crippen LogP contribution in [0.3, 0.4) is 0 Å². The Balaban J connectivity index is 1.26. The summed E-state index contributed by atoms with van der Waals surface area (Å²) in [5.74, 6) is 5.21. The van der Waals surface area contributed by atoms with Gasteiger partial charge in [0.05, 0.1) is 12.7 Å². The highest BCUT2D eigenvalue weighted by atomic mass is 16.7. The van der Waals surface area contributed by atoms with E-state index in [0.29, 0.717) is 5.41 Å². The first-order valence-electron chi connectivity index (χ1n) is 17.5. The van der Waals surface area contributed by atoms with Crippen LogP contribution >= 0.6 is 0 Å². The second-order valence-electron chi connectivity index (χ2n) is 16.2. The van der Waals surface area contributed by atoms with Crippen molar-refractivity contribution in [2.75, 3.05) is 6.61 Å². The minimum Gasteiger partial charge on any atom is -0.394 e. The fourth-order valence-corrected chi connectivity index (χ4v) is 10.6. The Bertz CT molecular complexity index is 1020. The minimum absolute atomic E-state index is 0.0993. The van der Waals surface area contributed by atoms with Crippen molar-refractivity contribution >= 4 is 5.91 Å². The third-order valence-corrected chi connectivity index (χ3v) is 13.6. The molecule has 1 aliphatic heterocycles. The van der Waals surface area contributed by atoms with Gasteiger partial charge in [-0.3, -0.25) is 4.79 Å². The van der Waals surface area contributed by atoms with Crippen molar-refractivity contribution in [2.24, 2.45) is 52.3 Å². The number of nitrogens with one attached hydrogen (secondary N) is 1. The molecule has 0 radical (unpaired) electrons. The smallest absolute Gasteiger partial charge is 0.217 e. The maximum absolute atomic E-state index is 11.9. The first kappa shape index (κ1) is 33.4. The molecule has 5 aliphatic rings. The fraction of sp³-hybridized carbons (Fsp3) is 0.917. The van der Waals surface area contributed by atoms with Crippen LogP contribution in [0, 0.1) is 52.3 Å². The van der Waals surface area contributed by atoms with Gasteiger partial charge in [0.2, 0.25) is 5.91 Å². The fourth-order valence-electron chi connectivity index (χ4n) is 10.6. The molecule has 4 N–H and O–H groups in total. The SMILES string of the molecule is CC(=O)N[C@H]1[C@H](O[C@H]2CC[C@@]3(C)C(=CC[C@H]4[C@@H]5CC[C@H]([C@H](C)CC[C@H](C)C(C)C)[C@@]5(C)CC[C@@H]43)C2)O[C@H](CO)[C@@H](O)[C@@H]1O. The van der Waals surface area contributed by atoms with E-state index in [4.69, 9.17) is 9.47 Å². The molecule has 14 atom stereocenters. The number of ether oxygens (including phenoxy) is 2. The van der Waals surface area contributed by atoms with Gasteiger partial charge in [-0.25, -0.2) is 0 Å². The lowest BCUT2D eigenvalue weighted by Gasteiger charge is -2.58. The molecule has 4 aliphatic carbocycles. The predicted molar refractivity (Wildman–Crippen MR) is 168 cm³/mol. The zero-order chi connectivity index (χ0) is 31.3. The lowest BCUT2D eigenvalue weighted by Crippen LogP contribution is -2.65. The van der Waals surface area contributed by atoms with Crippen LogP contribution in [0.5, 0.6) is 0 Å². The van der Waals surface area contributed by atoms with Gasteiger partial charge in [0.25, 0.3) is 0 Å². The number of hydrogen-bond acceptors (Lipinski definition) is 6. The molecular formula is C36H61NO6. The van der Waals surface area contributed by atoms with Crippen LogP contribution in [0.1, 0.15) is 113 Å². The predicted octanol–water partition coefficient (Wildman–Crippen LogP) is 5.60. The maximum atomic E-state index is 11.9. The number of hydrogen-bond donors (Lipinski definition) is 4. The van der Waals surface area contributed by atoms with Gasteiger partial charge in [0, 0.05) is 6.92 Å². The summed E-state index contributed by atoms with van der Waals surface area (Å²) < 4.78 is 12.3. The van der Waals surface area contributed by atoms with Crippen molar-refractivity contribution in [3.8, 4) is 0 Å². The van der Waals surface area contributed by atoms with Crippen LogP contribution in [-0.4, -0.2) is 64.6 Å². The van der Waals surface area contributed by atoms with E-state index in [-0.39, 0.29) is 17.4 Å². The molecule has 1 amide bonds. The highest BCUT2D eigenvalue weighted by Crippen LogP contribution is 2.67. The molecule has 7 nitrogen and oxygen atoms in total. The molecule has 0 aromatic carbocycles. The topological polar surface area (TPSA) is 108 Å². The van der Waals surface area contributed by atoms with E-state index in [9.17, 15) is 20.1 Å². The van der Waals surface area contributed by atoms with Crippen molar-refractivity contribution in [1.29, 1.82) is 0 Å². The molecular weight excluding hydrogens is 542 g/mol. The second kappa shape index (κ2) is 13.0. The normalized spacial score (nSPS) is 45.9. The Labute approximate surface area is 260 Å². The maximum Gasteiger partial charge on any atom is 0.217 e.